The fourth-order valence-corrected chi connectivity index (χ4v) is 3.59. The molecular formula is C16H9BrFNOS2. The number of amides is 1. The number of carbonyl (C=O) groups excluding carboxylic acids is 1. The minimum Gasteiger partial charge on any atom is -0.268 e. The van der Waals surface area contributed by atoms with Gasteiger partial charge in [-0.2, -0.15) is 0 Å². The maximum Gasteiger partial charge on any atom is 0.270 e. The van der Waals surface area contributed by atoms with Crippen LogP contribution in [-0.2, 0) is 4.79 Å². The highest BCUT2D eigenvalue weighted by Gasteiger charge is 2.33. The van der Waals surface area contributed by atoms with Crippen molar-refractivity contribution in [2.75, 3.05) is 4.90 Å². The van der Waals surface area contributed by atoms with Crippen LogP contribution in [-0.4, -0.2) is 10.2 Å². The second-order valence-corrected chi connectivity index (χ2v) is 7.14. The number of hydrogen-bond donors (Lipinski definition) is 0. The molecule has 6 heteroatoms. The van der Waals surface area contributed by atoms with Crippen molar-refractivity contribution in [1.29, 1.82) is 0 Å². The van der Waals surface area contributed by atoms with Crippen LogP contribution in [0.15, 0.2) is 57.9 Å². The topological polar surface area (TPSA) is 20.3 Å². The highest BCUT2D eigenvalue weighted by atomic mass is 79.9. The molecule has 1 heterocycles. The number of carbonyl (C=O) groups is 1. The second-order valence-electron chi connectivity index (χ2n) is 4.55. The Bertz CT molecular complexity index is 789. The Labute approximate surface area is 145 Å². The van der Waals surface area contributed by atoms with Gasteiger partial charge in [0.15, 0.2) is 4.32 Å². The number of nitrogens with zero attached hydrogens (tertiary/aromatic N) is 1. The van der Waals surface area contributed by atoms with E-state index in [1.165, 1.54) is 28.8 Å². The van der Waals surface area contributed by atoms with Gasteiger partial charge < -0.3 is 0 Å². The molecule has 0 N–H and O–H groups in total. The van der Waals surface area contributed by atoms with Crippen LogP contribution in [0, 0.1) is 5.82 Å². The maximum absolute atomic E-state index is 13.2. The molecule has 0 spiro atoms. The van der Waals surface area contributed by atoms with Gasteiger partial charge >= 0.3 is 0 Å². The molecule has 0 aromatic heterocycles. The van der Waals surface area contributed by atoms with Crippen molar-refractivity contribution in [3.63, 3.8) is 0 Å². The van der Waals surface area contributed by atoms with E-state index in [1.54, 1.807) is 18.2 Å². The van der Waals surface area contributed by atoms with Crippen LogP contribution in [0.4, 0.5) is 10.1 Å². The molecule has 0 radical (unpaired) electrons. The van der Waals surface area contributed by atoms with Gasteiger partial charge in [0.2, 0.25) is 0 Å². The predicted octanol–water partition coefficient (Wildman–Crippen LogP) is 4.99. The quantitative estimate of drug-likeness (QED) is 0.529. The van der Waals surface area contributed by atoms with E-state index in [0.717, 1.165) is 4.47 Å². The number of benzene rings is 2. The Kier molecular flexibility index (Phi) is 4.42. The lowest BCUT2D eigenvalue weighted by atomic mass is 10.2. The minimum absolute atomic E-state index is 0.193. The first-order chi connectivity index (χ1) is 10.5. The number of halogens is 2. The molecule has 0 saturated carbocycles. The lowest BCUT2D eigenvalue weighted by Gasteiger charge is -2.14. The third-order valence-electron chi connectivity index (χ3n) is 3.02. The average molecular weight is 394 g/mol. The van der Waals surface area contributed by atoms with E-state index < -0.39 is 0 Å². The summed E-state index contributed by atoms with van der Waals surface area (Å²) in [6.45, 7) is 0. The predicted molar refractivity (Wildman–Crippen MR) is 96.2 cm³/mol. The van der Waals surface area contributed by atoms with Crippen molar-refractivity contribution in [3.05, 3.63) is 69.3 Å². The molecular weight excluding hydrogens is 385 g/mol. The summed E-state index contributed by atoms with van der Waals surface area (Å²) in [5, 5.41) is 0. The summed E-state index contributed by atoms with van der Waals surface area (Å²) in [5.74, 6) is -0.529. The lowest BCUT2D eigenvalue weighted by Crippen LogP contribution is -2.27. The molecule has 1 fully saturated rings. The van der Waals surface area contributed by atoms with Crippen molar-refractivity contribution in [2.45, 2.75) is 0 Å². The number of hydrogen-bond acceptors (Lipinski definition) is 3. The van der Waals surface area contributed by atoms with Gasteiger partial charge in [0.25, 0.3) is 5.91 Å². The summed E-state index contributed by atoms with van der Waals surface area (Å²) in [7, 11) is 0. The first-order valence-corrected chi connectivity index (χ1v) is 8.35. The molecule has 2 nitrogen and oxygen atoms in total. The van der Waals surface area contributed by atoms with E-state index in [0.29, 0.717) is 20.5 Å². The molecule has 0 unspecified atom stereocenters. The summed E-state index contributed by atoms with van der Waals surface area (Å²) >= 11 is 9.87. The van der Waals surface area contributed by atoms with Crippen LogP contribution in [0.25, 0.3) is 6.08 Å². The van der Waals surface area contributed by atoms with Gasteiger partial charge in [-0.25, -0.2) is 4.39 Å². The first-order valence-electron chi connectivity index (χ1n) is 6.34. The van der Waals surface area contributed by atoms with E-state index in [9.17, 15) is 9.18 Å². The van der Waals surface area contributed by atoms with Crippen molar-refractivity contribution >= 4 is 61.9 Å². The normalized spacial score (nSPS) is 16.6. The van der Waals surface area contributed by atoms with E-state index >= 15 is 0 Å². The van der Waals surface area contributed by atoms with Crippen LogP contribution < -0.4 is 4.90 Å². The fourth-order valence-electron chi connectivity index (χ4n) is 2.03. The van der Waals surface area contributed by atoms with E-state index in [2.05, 4.69) is 15.9 Å². The monoisotopic (exact) mass is 393 g/mol. The number of rotatable bonds is 2. The van der Waals surface area contributed by atoms with Crippen LogP contribution in [0.5, 0.6) is 0 Å². The van der Waals surface area contributed by atoms with Gasteiger partial charge in [-0.3, -0.25) is 9.69 Å². The van der Waals surface area contributed by atoms with Crippen LogP contribution in [0.3, 0.4) is 0 Å². The standard InChI is InChI=1S/C16H9BrFNOS2/c17-11-4-6-13(7-5-11)19-15(20)14(22-16(19)21)9-10-2-1-3-12(18)8-10/h1-9H. The molecule has 0 bridgehead atoms. The van der Waals surface area contributed by atoms with Gasteiger partial charge in [-0.15, -0.1) is 0 Å². The Morgan fingerprint density at radius 3 is 2.59 bits per heavy atom. The third kappa shape index (κ3) is 3.14. The molecule has 1 aliphatic rings. The fraction of sp³-hybridized carbons (Fsp3) is 0. The number of thioether (sulfide) groups is 1. The highest BCUT2D eigenvalue weighted by Crippen LogP contribution is 2.36. The third-order valence-corrected chi connectivity index (χ3v) is 4.86. The largest absolute Gasteiger partial charge is 0.270 e. The smallest absolute Gasteiger partial charge is 0.268 e. The number of anilines is 1. The van der Waals surface area contributed by atoms with Crippen molar-refractivity contribution in [2.24, 2.45) is 0 Å². The van der Waals surface area contributed by atoms with Gasteiger partial charge in [0.05, 0.1) is 10.6 Å². The summed E-state index contributed by atoms with van der Waals surface area (Å²) in [6.07, 6.45) is 1.65. The first kappa shape index (κ1) is 15.4. The minimum atomic E-state index is -0.336. The van der Waals surface area contributed by atoms with Crippen LogP contribution in [0.1, 0.15) is 5.56 Å². The van der Waals surface area contributed by atoms with Crippen LogP contribution in [0.2, 0.25) is 0 Å². The summed E-state index contributed by atoms with van der Waals surface area (Å²) in [5.41, 5.74) is 1.35. The van der Waals surface area contributed by atoms with Gasteiger partial charge in [-0.1, -0.05) is 52.0 Å². The zero-order valence-electron chi connectivity index (χ0n) is 11.1. The molecule has 1 saturated heterocycles. The highest BCUT2D eigenvalue weighted by molar-refractivity contribution is 9.10. The Balaban J connectivity index is 1.93. The van der Waals surface area contributed by atoms with Gasteiger partial charge in [0.1, 0.15) is 5.82 Å². The van der Waals surface area contributed by atoms with E-state index in [1.807, 2.05) is 24.3 Å². The summed E-state index contributed by atoms with van der Waals surface area (Å²) < 4.78 is 14.6. The maximum atomic E-state index is 13.2. The molecule has 22 heavy (non-hydrogen) atoms. The average Bonchev–Trinajstić information content (AvgIpc) is 2.75. The van der Waals surface area contributed by atoms with E-state index in [-0.39, 0.29) is 11.7 Å². The summed E-state index contributed by atoms with van der Waals surface area (Å²) in [6, 6.07) is 13.4. The lowest BCUT2D eigenvalue weighted by molar-refractivity contribution is -0.113. The van der Waals surface area contributed by atoms with Crippen molar-refractivity contribution < 1.29 is 9.18 Å². The zero-order valence-corrected chi connectivity index (χ0v) is 14.3. The van der Waals surface area contributed by atoms with Crippen molar-refractivity contribution in [1.82, 2.24) is 0 Å². The molecule has 0 atom stereocenters. The SMILES string of the molecule is O=C1C(=Cc2cccc(F)c2)SC(=S)N1c1ccc(Br)cc1. The Morgan fingerprint density at radius 1 is 1.18 bits per heavy atom. The zero-order chi connectivity index (χ0) is 15.7. The Morgan fingerprint density at radius 2 is 1.91 bits per heavy atom. The summed E-state index contributed by atoms with van der Waals surface area (Å²) in [4.78, 5) is 14.5. The van der Waals surface area contributed by atoms with Gasteiger partial charge in [-0.05, 0) is 48.0 Å². The second kappa shape index (κ2) is 6.32. The van der Waals surface area contributed by atoms with Crippen molar-refractivity contribution in [3.8, 4) is 0 Å². The molecule has 110 valence electrons. The number of thiocarbonyl (C=S) groups is 1. The molecule has 1 amide bonds. The molecule has 3 rings (SSSR count). The molecule has 2 aromatic carbocycles. The molecule has 1 aliphatic heterocycles. The van der Waals surface area contributed by atoms with E-state index in [4.69, 9.17) is 12.2 Å². The molecule has 0 aliphatic carbocycles. The van der Waals surface area contributed by atoms with Crippen LogP contribution >= 0.6 is 39.9 Å². The van der Waals surface area contributed by atoms with Gasteiger partial charge in [0, 0.05) is 4.47 Å². The molecule has 2 aromatic rings. The Hall–Kier alpha value is -1.50.